The zero-order chi connectivity index (χ0) is 14.0. The number of benzene rings is 2. The topological polar surface area (TPSA) is 29.1 Å². The van der Waals surface area contributed by atoms with Gasteiger partial charge in [0.05, 0.1) is 5.56 Å². The van der Waals surface area contributed by atoms with Gasteiger partial charge in [0.2, 0.25) is 0 Å². The minimum atomic E-state index is -0.680. The molecule has 0 radical (unpaired) electrons. The predicted octanol–water partition coefficient (Wildman–Crippen LogP) is 4.63. The second kappa shape index (κ2) is 5.67. The summed E-state index contributed by atoms with van der Waals surface area (Å²) in [6.45, 7) is 0. The summed E-state index contributed by atoms with van der Waals surface area (Å²) >= 11 is 8.81. The van der Waals surface area contributed by atoms with Crippen molar-refractivity contribution in [2.24, 2.45) is 0 Å². The lowest BCUT2D eigenvalue weighted by Crippen LogP contribution is -2.13. The maximum atomic E-state index is 13.5. The highest BCUT2D eigenvalue weighted by Crippen LogP contribution is 2.20. The maximum Gasteiger partial charge on any atom is 0.258 e. The smallest absolute Gasteiger partial charge is 0.258 e. The molecule has 0 aliphatic rings. The van der Waals surface area contributed by atoms with Crippen LogP contribution in [0.4, 0.5) is 14.5 Å². The Bertz CT molecular complexity index is 628. The number of rotatable bonds is 2. The maximum absolute atomic E-state index is 13.5. The first-order valence-corrected chi connectivity index (χ1v) is 6.35. The molecule has 0 heterocycles. The fraction of sp³-hybridized carbons (Fsp3) is 0. The molecule has 19 heavy (non-hydrogen) atoms. The number of halogens is 4. The standard InChI is InChI=1S/C13H7BrClF2NO/c14-7-1-2-12(17)11(3-7)13(19)18-10-5-8(15)4-9(16)6-10/h1-6H,(H,18,19). The van der Waals surface area contributed by atoms with E-state index < -0.39 is 17.5 Å². The molecule has 2 aromatic rings. The summed E-state index contributed by atoms with van der Waals surface area (Å²) in [6, 6.07) is 7.56. The van der Waals surface area contributed by atoms with E-state index in [4.69, 9.17) is 11.6 Å². The molecule has 2 nitrogen and oxygen atoms in total. The molecule has 0 bridgehead atoms. The highest BCUT2D eigenvalue weighted by molar-refractivity contribution is 9.10. The second-order valence-electron chi connectivity index (χ2n) is 3.74. The lowest BCUT2D eigenvalue weighted by atomic mass is 10.2. The van der Waals surface area contributed by atoms with Crippen LogP contribution in [0.2, 0.25) is 5.02 Å². The quantitative estimate of drug-likeness (QED) is 0.844. The largest absolute Gasteiger partial charge is 0.322 e. The van der Waals surface area contributed by atoms with E-state index in [1.807, 2.05) is 0 Å². The Morgan fingerprint density at radius 2 is 1.89 bits per heavy atom. The van der Waals surface area contributed by atoms with Crippen molar-refractivity contribution < 1.29 is 13.6 Å². The van der Waals surface area contributed by atoms with E-state index in [9.17, 15) is 13.6 Å². The van der Waals surface area contributed by atoms with Gasteiger partial charge < -0.3 is 5.32 Å². The molecule has 0 saturated carbocycles. The first-order chi connectivity index (χ1) is 8.95. The van der Waals surface area contributed by atoms with Crippen molar-refractivity contribution in [3.8, 4) is 0 Å². The van der Waals surface area contributed by atoms with E-state index >= 15 is 0 Å². The van der Waals surface area contributed by atoms with Crippen LogP contribution in [0.25, 0.3) is 0 Å². The van der Waals surface area contributed by atoms with Crippen LogP contribution in [-0.4, -0.2) is 5.91 Å². The SMILES string of the molecule is O=C(Nc1cc(F)cc(Cl)c1)c1cc(Br)ccc1F. The van der Waals surface area contributed by atoms with Crippen molar-refractivity contribution in [3.05, 3.63) is 63.1 Å². The van der Waals surface area contributed by atoms with Crippen molar-refractivity contribution in [3.63, 3.8) is 0 Å². The van der Waals surface area contributed by atoms with E-state index in [1.165, 1.54) is 18.2 Å². The molecule has 0 atom stereocenters. The van der Waals surface area contributed by atoms with Gasteiger partial charge in [-0.2, -0.15) is 0 Å². The third kappa shape index (κ3) is 3.52. The van der Waals surface area contributed by atoms with Crippen LogP contribution < -0.4 is 5.32 Å². The van der Waals surface area contributed by atoms with Crippen molar-refractivity contribution in [1.29, 1.82) is 0 Å². The van der Waals surface area contributed by atoms with Crippen LogP contribution in [0, 0.1) is 11.6 Å². The summed E-state index contributed by atoms with van der Waals surface area (Å²) in [7, 11) is 0. The lowest BCUT2D eigenvalue weighted by Gasteiger charge is -2.07. The van der Waals surface area contributed by atoms with Crippen LogP contribution in [0.5, 0.6) is 0 Å². The minimum absolute atomic E-state index is 0.144. The summed E-state index contributed by atoms with van der Waals surface area (Å²) < 4.78 is 27.2. The molecule has 0 fully saturated rings. The van der Waals surface area contributed by atoms with Gasteiger partial charge in [0.15, 0.2) is 0 Å². The molecule has 0 saturated heterocycles. The van der Waals surface area contributed by atoms with E-state index in [2.05, 4.69) is 21.2 Å². The third-order valence-electron chi connectivity index (χ3n) is 2.29. The van der Waals surface area contributed by atoms with Crippen molar-refractivity contribution >= 4 is 39.1 Å². The van der Waals surface area contributed by atoms with E-state index in [0.29, 0.717) is 4.47 Å². The fourth-order valence-corrected chi connectivity index (χ4v) is 2.08. The Labute approximate surface area is 121 Å². The number of amides is 1. The Kier molecular flexibility index (Phi) is 4.17. The molecular formula is C13H7BrClF2NO. The number of hydrogen-bond donors (Lipinski definition) is 1. The molecule has 0 aliphatic carbocycles. The Morgan fingerprint density at radius 3 is 2.58 bits per heavy atom. The van der Waals surface area contributed by atoms with Crippen molar-refractivity contribution in [1.82, 2.24) is 0 Å². The zero-order valence-electron chi connectivity index (χ0n) is 9.38. The number of nitrogens with one attached hydrogen (secondary N) is 1. The molecular weight excluding hydrogens is 340 g/mol. The molecule has 1 N–H and O–H groups in total. The normalized spacial score (nSPS) is 10.3. The molecule has 0 spiro atoms. The highest BCUT2D eigenvalue weighted by atomic mass is 79.9. The molecule has 1 amide bonds. The van der Waals surface area contributed by atoms with Crippen LogP contribution in [-0.2, 0) is 0 Å². The van der Waals surface area contributed by atoms with Crippen LogP contribution in [0.15, 0.2) is 40.9 Å². The first-order valence-electron chi connectivity index (χ1n) is 5.18. The van der Waals surface area contributed by atoms with Crippen molar-refractivity contribution in [2.45, 2.75) is 0 Å². The van der Waals surface area contributed by atoms with E-state index in [-0.39, 0.29) is 16.3 Å². The molecule has 2 aromatic carbocycles. The first kappa shape index (κ1) is 14.0. The van der Waals surface area contributed by atoms with Gasteiger partial charge in [-0.25, -0.2) is 8.78 Å². The predicted molar refractivity (Wildman–Crippen MR) is 73.5 cm³/mol. The van der Waals surface area contributed by atoms with Crippen LogP contribution in [0.3, 0.4) is 0 Å². The third-order valence-corrected chi connectivity index (χ3v) is 3.00. The average molecular weight is 347 g/mol. The number of carbonyl (C=O) groups is 1. The van der Waals surface area contributed by atoms with Gasteiger partial charge in [-0.15, -0.1) is 0 Å². The summed E-state index contributed by atoms with van der Waals surface area (Å²) in [6.07, 6.45) is 0. The Morgan fingerprint density at radius 1 is 1.16 bits per heavy atom. The second-order valence-corrected chi connectivity index (χ2v) is 5.09. The molecule has 2 rings (SSSR count). The number of hydrogen-bond acceptors (Lipinski definition) is 1. The number of anilines is 1. The van der Waals surface area contributed by atoms with E-state index in [0.717, 1.165) is 18.2 Å². The van der Waals surface area contributed by atoms with Gasteiger partial charge in [-0.1, -0.05) is 27.5 Å². The van der Waals surface area contributed by atoms with Crippen LogP contribution >= 0.6 is 27.5 Å². The van der Waals surface area contributed by atoms with Gasteiger partial charge >= 0.3 is 0 Å². The summed E-state index contributed by atoms with van der Waals surface area (Å²) in [5.41, 5.74) is 0.0177. The van der Waals surface area contributed by atoms with Gasteiger partial charge in [0.1, 0.15) is 11.6 Å². The number of carbonyl (C=O) groups excluding carboxylic acids is 1. The monoisotopic (exact) mass is 345 g/mol. The molecule has 0 aliphatic heterocycles. The van der Waals surface area contributed by atoms with Gasteiger partial charge in [-0.3, -0.25) is 4.79 Å². The van der Waals surface area contributed by atoms with Crippen LogP contribution in [0.1, 0.15) is 10.4 Å². The van der Waals surface area contributed by atoms with Gasteiger partial charge in [0, 0.05) is 15.2 Å². The van der Waals surface area contributed by atoms with Gasteiger partial charge in [0.25, 0.3) is 5.91 Å². The summed E-state index contributed by atoms with van der Waals surface area (Å²) in [4.78, 5) is 11.9. The lowest BCUT2D eigenvalue weighted by molar-refractivity contribution is 0.102. The average Bonchev–Trinajstić information content (AvgIpc) is 2.30. The highest BCUT2D eigenvalue weighted by Gasteiger charge is 2.13. The van der Waals surface area contributed by atoms with Crippen molar-refractivity contribution in [2.75, 3.05) is 5.32 Å². The molecule has 6 heteroatoms. The summed E-state index contributed by atoms with van der Waals surface area (Å²) in [5.74, 6) is -1.93. The fourth-order valence-electron chi connectivity index (χ4n) is 1.50. The molecule has 0 aromatic heterocycles. The molecule has 98 valence electrons. The Hall–Kier alpha value is -1.46. The van der Waals surface area contributed by atoms with E-state index in [1.54, 1.807) is 0 Å². The summed E-state index contributed by atoms with van der Waals surface area (Å²) in [5, 5.41) is 2.53. The minimum Gasteiger partial charge on any atom is -0.322 e. The van der Waals surface area contributed by atoms with Gasteiger partial charge in [-0.05, 0) is 36.4 Å². The zero-order valence-corrected chi connectivity index (χ0v) is 11.7. The Balaban J connectivity index is 2.28. The molecule has 0 unspecified atom stereocenters.